The second-order valence-corrected chi connectivity index (χ2v) is 6.58. The fourth-order valence-corrected chi connectivity index (χ4v) is 2.88. The van der Waals surface area contributed by atoms with Crippen LogP contribution in [0.3, 0.4) is 0 Å². The number of hydrogen-bond donors (Lipinski definition) is 2. The minimum absolute atomic E-state index is 0.123. The predicted octanol–water partition coefficient (Wildman–Crippen LogP) is 2.20. The lowest BCUT2D eigenvalue weighted by Gasteiger charge is -2.16. The Hall–Kier alpha value is -3.06. The number of anilines is 2. The van der Waals surface area contributed by atoms with Crippen molar-refractivity contribution in [2.75, 3.05) is 23.4 Å². The molecule has 1 aliphatic heterocycles. The van der Waals surface area contributed by atoms with Crippen molar-refractivity contribution >= 4 is 40.7 Å². The van der Waals surface area contributed by atoms with Crippen LogP contribution >= 0.6 is 11.6 Å². The fraction of sp³-hybridized carbons (Fsp3) is 0.211. The third-order valence-electron chi connectivity index (χ3n) is 4.17. The van der Waals surface area contributed by atoms with Crippen molar-refractivity contribution in [2.45, 2.75) is 6.42 Å². The second-order valence-electron chi connectivity index (χ2n) is 6.15. The molecular weight excluding hydrogens is 370 g/mol. The molecule has 0 unspecified atom stereocenters. The summed E-state index contributed by atoms with van der Waals surface area (Å²) in [4.78, 5) is 36.7. The normalized spacial score (nSPS) is 16.3. The Morgan fingerprint density at radius 3 is 2.41 bits per heavy atom. The van der Waals surface area contributed by atoms with Crippen molar-refractivity contribution < 1.29 is 19.1 Å². The number of carbonyl (C=O) groups excluding carboxylic acids is 3. The van der Waals surface area contributed by atoms with Gasteiger partial charge in [-0.1, -0.05) is 11.6 Å². The van der Waals surface area contributed by atoms with Gasteiger partial charge in [0.15, 0.2) is 6.61 Å². The summed E-state index contributed by atoms with van der Waals surface area (Å²) < 4.78 is 5.45. The van der Waals surface area contributed by atoms with Gasteiger partial charge < -0.3 is 20.7 Å². The summed E-state index contributed by atoms with van der Waals surface area (Å²) in [6.07, 6.45) is 0.123. The van der Waals surface area contributed by atoms with E-state index in [9.17, 15) is 14.4 Å². The van der Waals surface area contributed by atoms with Gasteiger partial charge in [-0.3, -0.25) is 14.4 Å². The number of ether oxygens (including phenoxy) is 1. The van der Waals surface area contributed by atoms with Crippen LogP contribution in [-0.2, 0) is 14.4 Å². The number of amides is 3. The monoisotopic (exact) mass is 387 g/mol. The number of carbonyl (C=O) groups is 3. The molecule has 27 heavy (non-hydrogen) atoms. The summed E-state index contributed by atoms with van der Waals surface area (Å²) in [7, 11) is 0. The molecule has 0 aromatic heterocycles. The molecule has 0 bridgehead atoms. The van der Waals surface area contributed by atoms with Gasteiger partial charge in [0.2, 0.25) is 11.8 Å². The molecule has 0 saturated carbocycles. The van der Waals surface area contributed by atoms with Gasteiger partial charge in [-0.25, -0.2) is 0 Å². The number of rotatable bonds is 6. The van der Waals surface area contributed by atoms with Crippen molar-refractivity contribution in [2.24, 2.45) is 11.7 Å². The number of halogens is 1. The van der Waals surface area contributed by atoms with E-state index in [-0.39, 0.29) is 31.4 Å². The molecular formula is C19H18ClN3O4. The maximum absolute atomic E-state index is 12.0. The largest absolute Gasteiger partial charge is 0.484 e. The lowest BCUT2D eigenvalue weighted by atomic mass is 10.1. The summed E-state index contributed by atoms with van der Waals surface area (Å²) >= 11 is 5.80. The lowest BCUT2D eigenvalue weighted by Crippen LogP contribution is -2.28. The van der Waals surface area contributed by atoms with Crippen LogP contribution in [0.2, 0.25) is 5.02 Å². The zero-order valence-electron chi connectivity index (χ0n) is 14.4. The summed E-state index contributed by atoms with van der Waals surface area (Å²) in [6.45, 7) is 0.117. The van der Waals surface area contributed by atoms with E-state index in [1.54, 1.807) is 48.5 Å². The SMILES string of the molecule is NC(=O)[C@@H]1CC(=O)N(c2ccc(OCC(=O)Nc3ccc(Cl)cc3)cc2)C1. The van der Waals surface area contributed by atoms with Gasteiger partial charge in [0.1, 0.15) is 5.75 Å². The molecule has 2 aromatic carbocycles. The predicted molar refractivity (Wildman–Crippen MR) is 102 cm³/mol. The Morgan fingerprint density at radius 1 is 1.15 bits per heavy atom. The van der Waals surface area contributed by atoms with E-state index >= 15 is 0 Å². The highest BCUT2D eigenvalue weighted by atomic mass is 35.5. The molecule has 1 atom stereocenters. The van der Waals surface area contributed by atoms with Gasteiger partial charge >= 0.3 is 0 Å². The van der Waals surface area contributed by atoms with Gasteiger partial charge in [0.05, 0.1) is 5.92 Å². The molecule has 2 aromatic rings. The third kappa shape index (κ3) is 4.77. The van der Waals surface area contributed by atoms with E-state index in [1.165, 1.54) is 4.90 Å². The Kier molecular flexibility index (Phi) is 5.61. The molecule has 3 rings (SSSR count). The zero-order valence-corrected chi connectivity index (χ0v) is 15.1. The molecule has 1 heterocycles. The molecule has 1 saturated heterocycles. The highest BCUT2D eigenvalue weighted by Gasteiger charge is 2.33. The smallest absolute Gasteiger partial charge is 0.262 e. The molecule has 140 valence electrons. The first kappa shape index (κ1) is 18.7. The van der Waals surface area contributed by atoms with Gasteiger partial charge in [-0.05, 0) is 48.5 Å². The second kappa shape index (κ2) is 8.09. The van der Waals surface area contributed by atoms with Gasteiger partial charge in [-0.15, -0.1) is 0 Å². The lowest BCUT2D eigenvalue weighted by molar-refractivity contribution is -0.123. The van der Waals surface area contributed by atoms with Crippen LogP contribution < -0.4 is 20.7 Å². The quantitative estimate of drug-likeness (QED) is 0.793. The van der Waals surface area contributed by atoms with Crippen molar-refractivity contribution in [1.29, 1.82) is 0 Å². The van der Waals surface area contributed by atoms with Crippen LogP contribution in [0.5, 0.6) is 5.75 Å². The number of nitrogens with zero attached hydrogens (tertiary/aromatic N) is 1. The highest BCUT2D eigenvalue weighted by Crippen LogP contribution is 2.26. The van der Waals surface area contributed by atoms with Gasteiger partial charge in [-0.2, -0.15) is 0 Å². The molecule has 1 fully saturated rings. The molecule has 0 spiro atoms. The molecule has 3 amide bonds. The minimum Gasteiger partial charge on any atom is -0.484 e. The summed E-state index contributed by atoms with van der Waals surface area (Å²) in [5.41, 5.74) is 6.55. The van der Waals surface area contributed by atoms with Crippen LogP contribution in [-0.4, -0.2) is 30.9 Å². The summed E-state index contributed by atoms with van der Waals surface area (Å²) in [6, 6.07) is 13.5. The van der Waals surface area contributed by atoms with E-state index in [2.05, 4.69) is 5.32 Å². The standard InChI is InChI=1S/C19H18ClN3O4/c20-13-1-3-14(4-2-13)22-17(24)11-27-16-7-5-15(6-8-16)23-10-12(19(21)26)9-18(23)25/h1-8,12H,9-11H2,(H2,21,26)(H,22,24)/t12-/m1/s1. The van der Waals surface area contributed by atoms with Crippen LogP contribution in [0, 0.1) is 5.92 Å². The van der Waals surface area contributed by atoms with Gasteiger partial charge in [0.25, 0.3) is 5.91 Å². The molecule has 3 N–H and O–H groups in total. The van der Waals surface area contributed by atoms with Crippen molar-refractivity contribution in [3.63, 3.8) is 0 Å². The van der Waals surface area contributed by atoms with E-state index in [0.717, 1.165) is 0 Å². The first-order valence-electron chi connectivity index (χ1n) is 8.30. The number of nitrogens with one attached hydrogen (secondary N) is 1. The summed E-state index contributed by atoms with van der Waals surface area (Å²) in [5.74, 6) is -0.902. The Balaban J connectivity index is 1.53. The van der Waals surface area contributed by atoms with E-state index < -0.39 is 11.8 Å². The Bertz CT molecular complexity index is 852. The molecule has 8 heteroatoms. The zero-order chi connectivity index (χ0) is 19.4. The molecule has 0 aliphatic carbocycles. The maximum Gasteiger partial charge on any atom is 0.262 e. The van der Waals surface area contributed by atoms with Gasteiger partial charge in [0, 0.05) is 29.4 Å². The summed E-state index contributed by atoms with van der Waals surface area (Å²) in [5, 5.41) is 3.28. The van der Waals surface area contributed by atoms with Crippen LogP contribution in [0.25, 0.3) is 0 Å². The molecule has 0 radical (unpaired) electrons. The highest BCUT2D eigenvalue weighted by molar-refractivity contribution is 6.30. The average molecular weight is 388 g/mol. The van der Waals surface area contributed by atoms with Crippen LogP contribution in [0.15, 0.2) is 48.5 Å². The molecule has 7 nitrogen and oxygen atoms in total. The fourth-order valence-electron chi connectivity index (χ4n) is 2.75. The number of nitrogens with two attached hydrogens (primary N) is 1. The topological polar surface area (TPSA) is 102 Å². The van der Waals surface area contributed by atoms with E-state index in [0.29, 0.717) is 22.1 Å². The van der Waals surface area contributed by atoms with Crippen LogP contribution in [0.1, 0.15) is 6.42 Å². The first-order valence-corrected chi connectivity index (χ1v) is 8.68. The maximum atomic E-state index is 12.0. The van der Waals surface area contributed by atoms with Crippen molar-refractivity contribution in [3.05, 3.63) is 53.6 Å². The average Bonchev–Trinajstić information content (AvgIpc) is 3.04. The third-order valence-corrected chi connectivity index (χ3v) is 4.43. The number of benzene rings is 2. The Labute approximate surface area is 161 Å². The number of hydrogen-bond acceptors (Lipinski definition) is 4. The van der Waals surface area contributed by atoms with Crippen LogP contribution in [0.4, 0.5) is 11.4 Å². The Morgan fingerprint density at radius 2 is 1.81 bits per heavy atom. The van der Waals surface area contributed by atoms with Crippen molar-refractivity contribution in [3.8, 4) is 5.75 Å². The van der Waals surface area contributed by atoms with E-state index in [4.69, 9.17) is 22.1 Å². The number of primary amides is 1. The van der Waals surface area contributed by atoms with Crippen molar-refractivity contribution in [1.82, 2.24) is 0 Å². The van der Waals surface area contributed by atoms with E-state index in [1.807, 2.05) is 0 Å². The minimum atomic E-state index is -0.475. The first-order chi connectivity index (χ1) is 12.9. The molecule has 1 aliphatic rings.